The fourth-order valence-corrected chi connectivity index (χ4v) is 3.34. The summed E-state index contributed by atoms with van der Waals surface area (Å²) in [4.78, 5) is 25.6. The van der Waals surface area contributed by atoms with Crippen molar-refractivity contribution < 1.29 is 28.5 Å². The molecular weight excluding hydrogens is 436 g/mol. The first-order chi connectivity index (χ1) is 16.4. The molecule has 3 rings (SSSR count). The lowest BCUT2D eigenvalue weighted by Crippen LogP contribution is -2.09. The monoisotopic (exact) mass is 462 g/mol. The van der Waals surface area contributed by atoms with Crippen molar-refractivity contribution in [2.24, 2.45) is 0 Å². The van der Waals surface area contributed by atoms with Gasteiger partial charge in [-0.25, -0.2) is 0 Å². The van der Waals surface area contributed by atoms with E-state index < -0.39 is 0 Å². The van der Waals surface area contributed by atoms with E-state index in [1.807, 2.05) is 0 Å². The third kappa shape index (κ3) is 5.29. The standard InChI is InChI=1S/C26H26N2O6/c1-31-21-11-9-17(25(30)18-14-22(32-2)26(34-4)23(15-18)33-3)13-16(21)10-12-24(29)28-20-8-6-5-7-19(20)27/h5-15H,27H2,1-4H3,(H,28,29)/b12-10+. The normalized spacial score (nSPS) is 10.6. The Morgan fingerprint density at radius 3 is 2.03 bits per heavy atom. The molecule has 0 aromatic heterocycles. The molecule has 1 amide bonds. The van der Waals surface area contributed by atoms with Gasteiger partial charge in [-0.05, 0) is 48.5 Å². The smallest absolute Gasteiger partial charge is 0.248 e. The minimum Gasteiger partial charge on any atom is -0.496 e. The summed E-state index contributed by atoms with van der Waals surface area (Å²) in [6.45, 7) is 0. The van der Waals surface area contributed by atoms with Gasteiger partial charge in [0.25, 0.3) is 0 Å². The lowest BCUT2D eigenvalue weighted by atomic mass is 9.99. The molecule has 0 saturated heterocycles. The molecule has 0 heterocycles. The average molecular weight is 463 g/mol. The number of rotatable bonds is 9. The highest BCUT2D eigenvalue weighted by molar-refractivity contribution is 6.10. The summed E-state index contributed by atoms with van der Waals surface area (Å²) in [5, 5.41) is 2.72. The molecule has 0 fully saturated rings. The van der Waals surface area contributed by atoms with E-state index in [-0.39, 0.29) is 11.7 Å². The van der Waals surface area contributed by atoms with Gasteiger partial charge in [0, 0.05) is 22.8 Å². The highest BCUT2D eigenvalue weighted by atomic mass is 16.5. The quantitative estimate of drug-likeness (QED) is 0.279. The van der Waals surface area contributed by atoms with Gasteiger partial charge in [-0.2, -0.15) is 0 Å². The fourth-order valence-electron chi connectivity index (χ4n) is 3.34. The molecule has 3 aromatic carbocycles. The van der Waals surface area contributed by atoms with Crippen molar-refractivity contribution in [2.45, 2.75) is 0 Å². The Labute approximate surface area is 197 Å². The van der Waals surface area contributed by atoms with Gasteiger partial charge < -0.3 is 30.0 Å². The molecule has 3 N–H and O–H groups in total. The van der Waals surface area contributed by atoms with Crippen LogP contribution < -0.4 is 30.0 Å². The Hall–Kier alpha value is -4.46. The second-order valence-electron chi connectivity index (χ2n) is 7.11. The number of carbonyl (C=O) groups excluding carboxylic acids is 2. The third-order valence-electron chi connectivity index (χ3n) is 5.05. The molecule has 3 aromatic rings. The summed E-state index contributed by atoms with van der Waals surface area (Å²) in [5.74, 6) is 1.00. The molecule has 8 heteroatoms. The van der Waals surface area contributed by atoms with Gasteiger partial charge in [-0.15, -0.1) is 0 Å². The molecule has 0 radical (unpaired) electrons. The number of hydrogen-bond donors (Lipinski definition) is 2. The van der Waals surface area contributed by atoms with Gasteiger partial charge >= 0.3 is 0 Å². The van der Waals surface area contributed by atoms with Crippen LogP contribution in [0, 0.1) is 0 Å². The van der Waals surface area contributed by atoms with Crippen molar-refractivity contribution in [1.82, 2.24) is 0 Å². The van der Waals surface area contributed by atoms with Gasteiger partial charge in [0.1, 0.15) is 5.75 Å². The van der Waals surface area contributed by atoms with Crippen LogP contribution in [-0.2, 0) is 4.79 Å². The van der Waals surface area contributed by atoms with Crippen LogP contribution in [0.1, 0.15) is 21.5 Å². The molecule has 34 heavy (non-hydrogen) atoms. The number of ketones is 1. The average Bonchev–Trinajstić information content (AvgIpc) is 2.87. The van der Waals surface area contributed by atoms with Crippen LogP contribution in [0.3, 0.4) is 0 Å². The number of para-hydroxylation sites is 2. The number of amides is 1. The van der Waals surface area contributed by atoms with Crippen molar-refractivity contribution in [1.29, 1.82) is 0 Å². The number of nitrogen functional groups attached to an aromatic ring is 1. The van der Waals surface area contributed by atoms with E-state index in [0.29, 0.717) is 51.1 Å². The lowest BCUT2D eigenvalue weighted by Gasteiger charge is -2.14. The first-order valence-corrected chi connectivity index (χ1v) is 10.3. The summed E-state index contributed by atoms with van der Waals surface area (Å²) in [6, 6.07) is 15.1. The van der Waals surface area contributed by atoms with E-state index >= 15 is 0 Å². The maximum Gasteiger partial charge on any atom is 0.248 e. The topological polar surface area (TPSA) is 109 Å². The van der Waals surface area contributed by atoms with Crippen LogP contribution in [-0.4, -0.2) is 40.1 Å². The van der Waals surface area contributed by atoms with Crippen molar-refractivity contribution in [3.05, 3.63) is 77.4 Å². The number of nitrogens with one attached hydrogen (secondary N) is 1. The van der Waals surface area contributed by atoms with Crippen molar-refractivity contribution in [3.63, 3.8) is 0 Å². The van der Waals surface area contributed by atoms with Crippen molar-refractivity contribution >= 4 is 29.1 Å². The van der Waals surface area contributed by atoms with E-state index in [2.05, 4.69) is 5.32 Å². The Morgan fingerprint density at radius 2 is 1.44 bits per heavy atom. The lowest BCUT2D eigenvalue weighted by molar-refractivity contribution is -0.111. The van der Waals surface area contributed by atoms with E-state index in [1.165, 1.54) is 34.5 Å². The Bertz CT molecular complexity index is 1210. The molecule has 0 aliphatic heterocycles. The number of methoxy groups -OCH3 is 4. The number of ether oxygens (including phenoxy) is 4. The SMILES string of the molecule is COc1ccc(C(=O)c2cc(OC)c(OC)c(OC)c2)cc1/C=C/C(=O)Nc1ccccc1N. The fraction of sp³-hybridized carbons (Fsp3) is 0.154. The predicted molar refractivity (Wildman–Crippen MR) is 131 cm³/mol. The molecule has 0 bridgehead atoms. The summed E-state index contributed by atoms with van der Waals surface area (Å²) >= 11 is 0. The van der Waals surface area contributed by atoms with Crippen LogP contribution >= 0.6 is 0 Å². The minimum absolute atomic E-state index is 0.266. The third-order valence-corrected chi connectivity index (χ3v) is 5.05. The zero-order valence-corrected chi connectivity index (χ0v) is 19.4. The molecule has 0 aliphatic rings. The van der Waals surface area contributed by atoms with Gasteiger partial charge in [0.15, 0.2) is 17.3 Å². The van der Waals surface area contributed by atoms with Crippen LogP contribution in [0.4, 0.5) is 11.4 Å². The van der Waals surface area contributed by atoms with Gasteiger partial charge in [0.05, 0.1) is 39.8 Å². The number of benzene rings is 3. The Kier molecular flexibility index (Phi) is 7.76. The number of hydrogen-bond acceptors (Lipinski definition) is 7. The summed E-state index contributed by atoms with van der Waals surface area (Å²) in [5.41, 5.74) is 8.13. The zero-order valence-electron chi connectivity index (χ0n) is 19.4. The molecule has 0 unspecified atom stereocenters. The molecule has 0 spiro atoms. The van der Waals surface area contributed by atoms with Crippen LogP contribution in [0.15, 0.2) is 60.7 Å². The number of carbonyl (C=O) groups is 2. The second-order valence-corrected chi connectivity index (χ2v) is 7.11. The first-order valence-electron chi connectivity index (χ1n) is 10.3. The maximum atomic E-state index is 13.2. The van der Waals surface area contributed by atoms with E-state index in [9.17, 15) is 9.59 Å². The molecular formula is C26H26N2O6. The Morgan fingerprint density at radius 1 is 0.794 bits per heavy atom. The number of anilines is 2. The van der Waals surface area contributed by atoms with E-state index in [1.54, 1.807) is 60.7 Å². The second kappa shape index (κ2) is 10.9. The van der Waals surface area contributed by atoms with Crippen LogP contribution in [0.5, 0.6) is 23.0 Å². The Balaban J connectivity index is 1.90. The van der Waals surface area contributed by atoms with Gasteiger partial charge in [-0.1, -0.05) is 12.1 Å². The van der Waals surface area contributed by atoms with Crippen LogP contribution in [0.2, 0.25) is 0 Å². The minimum atomic E-state index is -0.374. The maximum absolute atomic E-state index is 13.2. The van der Waals surface area contributed by atoms with Gasteiger partial charge in [-0.3, -0.25) is 9.59 Å². The van der Waals surface area contributed by atoms with Crippen LogP contribution in [0.25, 0.3) is 6.08 Å². The van der Waals surface area contributed by atoms with Crippen molar-refractivity contribution in [3.8, 4) is 23.0 Å². The summed E-state index contributed by atoms with van der Waals surface area (Å²) in [7, 11) is 5.97. The molecule has 0 atom stereocenters. The highest BCUT2D eigenvalue weighted by Gasteiger charge is 2.19. The van der Waals surface area contributed by atoms with E-state index in [4.69, 9.17) is 24.7 Å². The largest absolute Gasteiger partial charge is 0.496 e. The molecule has 0 saturated carbocycles. The summed E-state index contributed by atoms with van der Waals surface area (Å²) in [6.07, 6.45) is 2.91. The highest BCUT2D eigenvalue weighted by Crippen LogP contribution is 2.39. The number of nitrogens with two attached hydrogens (primary N) is 1. The molecule has 8 nitrogen and oxygen atoms in total. The molecule has 0 aliphatic carbocycles. The summed E-state index contributed by atoms with van der Waals surface area (Å²) < 4.78 is 21.4. The van der Waals surface area contributed by atoms with Crippen molar-refractivity contribution in [2.75, 3.05) is 39.5 Å². The van der Waals surface area contributed by atoms with E-state index in [0.717, 1.165) is 0 Å². The molecule has 176 valence electrons. The first kappa shape index (κ1) is 24.2. The zero-order chi connectivity index (χ0) is 24.7. The predicted octanol–water partition coefficient (Wildman–Crippen LogP) is 4.19. The van der Waals surface area contributed by atoms with Gasteiger partial charge in [0.2, 0.25) is 11.7 Å².